The summed E-state index contributed by atoms with van der Waals surface area (Å²) >= 11 is 1.45. The maximum absolute atomic E-state index is 12.1. The summed E-state index contributed by atoms with van der Waals surface area (Å²) in [7, 11) is -2.63. The van der Waals surface area contributed by atoms with Gasteiger partial charge in [-0.15, -0.1) is 11.3 Å². The van der Waals surface area contributed by atoms with Crippen LogP contribution in [0.4, 0.5) is 0 Å². The first-order valence-corrected chi connectivity index (χ1v) is 8.04. The van der Waals surface area contributed by atoms with E-state index in [1.54, 1.807) is 6.92 Å². The highest BCUT2D eigenvalue weighted by Gasteiger charge is 2.24. The number of rotatable bonds is 5. The van der Waals surface area contributed by atoms with Crippen LogP contribution in [0, 0.1) is 0 Å². The molecule has 0 spiro atoms. The first-order chi connectivity index (χ1) is 9.44. The van der Waals surface area contributed by atoms with Crippen molar-refractivity contribution < 1.29 is 22.4 Å². The number of nitrogens with one attached hydrogen (secondary N) is 1. The summed E-state index contributed by atoms with van der Waals surface area (Å²) < 4.78 is 36.2. The second-order valence-electron chi connectivity index (χ2n) is 3.97. The summed E-state index contributed by atoms with van der Waals surface area (Å²) in [6, 6.07) is 5.77. The molecule has 0 aliphatic carbocycles. The summed E-state index contributed by atoms with van der Waals surface area (Å²) in [4.78, 5) is 12.1. The fraction of sp³-hybridized carbons (Fsp3) is 0.250. The van der Waals surface area contributed by atoms with Crippen LogP contribution < -0.4 is 4.72 Å². The van der Waals surface area contributed by atoms with Crippen molar-refractivity contribution in [2.24, 2.45) is 0 Å². The van der Waals surface area contributed by atoms with Crippen LogP contribution in [0.2, 0.25) is 0 Å². The smallest absolute Gasteiger partial charge is 0.374 e. The van der Waals surface area contributed by atoms with E-state index in [0.717, 1.165) is 4.88 Å². The molecule has 2 rings (SSSR count). The van der Waals surface area contributed by atoms with Crippen LogP contribution >= 0.6 is 11.3 Å². The molecule has 0 aromatic carbocycles. The van der Waals surface area contributed by atoms with E-state index < -0.39 is 16.0 Å². The van der Waals surface area contributed by atoms with Crippen molar-refractivity contribution in [3.63, 3.8) is 0 Å². The van der Waals surface area contributed by atoms with Crippen molar-refractivity contribution in [2.75, 3.05) is 7.11 Å². The average Bonchev–Trinajstić information content (AvgIpc) is 3.08. The minimum absolute atomic E-state index is 0.156. The Hall–Kier alpha value is -1.64. The summed E-state index contributed by atoms with van der Waals surface area (Å²) in [6.07, 6.45) is 0. The van der Waals surface area contributed by atoms with Gasteiger partial charge in [-0.3, -0.25) is 0 Å². The Bertz CT molecular complexity index is 687. The zero-order valence-electron chi connectivity index (χ0n) is 10.8. The second-order valence-corrected chi connectivity index (χ2v) is 6.59. The Morgan fingerprint density at radius 1 is 1.40 bits per heavy atom. The van der Waals surface area contributed by atoms with Crippen LogP contribution in [0.15, 0.2) is 39.2 Å². The van der Waals surface area contributed by atoms with Crippen molar-refractivity contribution in [3.05, 3.63) is 40.3 Å². The fourth-order valence-electron chi connectivity index (χ4n) is 1.56. The predicted octanol–water partition coefficient (Wildman–Crippen LogP) is 2.17. The van der Waals surface area contributed by atoms with Gasteiger partial charge in [0.05, 0.1) is 13.2 Å². The number of esters is 1. The number of methoxy groups -OCH3 is 1. The van der Waals surface area contributed by atoms with E-state index in [2.05, 4.69) is 9.46 Å². The lowest BCUT2D eigenvalue weighted by molar-refractivity contribution is 0.0559. The minimum atomic E-state index is -3.82. The van der Waals surface area contributed by atoms with Gasteiger partial charge in [-0.25, -0.2) is 17.9 Å². The topological polar surface area (TPSA) is 85.6 Å². The van der Waals surface area contributed by atoms with Crippen molar-refractivity contribution in [1.82, 2.24) is 4.72 Å². The van der Waals surface area contributed by atoms with E-state index in [9.17, 15) is 13.2 Å². The van der Waals surface area contributed by atoms with E-state index in [0.29, 0.717) is 0 Å². The average molecular weight is 315 g/mol. The zero-order chi connectivity index (χ0) is 14.8. The molecule has 0 saturated heterocycles. The second kappa shape index (κ2) is 5.78. The maximum atomic E-state index is 12.1. The van der Waals surface area contributed by atoms with Gasteiger partial charge in [0, 0.05) is 4.88 Å². The van der Waals surface area contributed by atoms with E-state index in [-0.39, 0.29) is 16.9 Å². The summed E-state index contributed by atoms with van der Waals surface area (Å²) in [6.45, 7) is 1.73. The third-order valence-corrected chi connectivity index (χ3v) is 5.00. The number of hydrogen-bond acceptors (Lipinski definition) is 6. The molecule has 0 saturated carbocycles. The third kappa shape index (κ3) is 3.09. The Labute approximate surface area is 120 Å². The molecule has 0 aliphatic heterocycles. The molecule has 0 amide bonds. The zero-order valence-corrected chi connectivity index (χ0v) is 12.5. The molecule has 108 valence electrons. The van der Waals surface area contributed by atoms with Gasteiger partial charge in [0.15, 0.2) is 0 Å². The molecule has 2 aromatic rings. The van der Waals surface area contributed by atoms with Gasteiger partial charge in [-0.1, -0.05) is 6.07 Å². The lowest BCUT2D eigenvalue weighted by Crippen LogP contribution is -2.26. The number of carbonyl (C=O) groups excluding carboxylic acids is 1. The molecule has 1 N–H and O–H groups in total. The van der Waals surface area contributed by atoms with Gasteiger partial charge in [0.1, 0.15) is 0 Å². The van der Waals surface area contributed by atoms with Crippen LogP contribution in [-0.4, -0.2) is 21.5 Å². The van der Waals surface area contributed by atoms with E-state index in [1.807, 2.05) is 17.5 Å². The first kappa shape index (κ1) is 14.8. The predicted molar refractivity (Wildman–Crippen MR) is 73.1 cm³/mol. The number of hydrogen-bond donors (Lipinski definition) is 1. The molecular weight excluding hydrogens is 302 g/mol. The normalized spacial score (nSPS) is 13.1. The highest BCUT2D eigenvalue weighted by molar-refractivity contribution is 7.89. The van der Waals surface area contributed by atoms with Gasteiger partial charge >= 0.3 is 5.97 Å². The van der Waals surface area contributed by atoms with Crippen molar-refractivity contribution in [1.29, 1.82) is 0 Å². The molecule has 2 heterocycles. The van der Waals surface area contributed by atoms with Crippen LogP contribution in [0.5, 0.6) is 0 Å². The summed E-state index contributed by atoms with van der Waals surface area (Å²) in [5.74, 6) is -0.880. The molecule has 0 aliphatic rings. The van der Waals surface area contributed by atoms with Gasteiger partial charge in [0.2, 0.25) is 10.9 Å². The molecule has 0 unspecified atom stereocenters. The molecule has 20 heavy (non-hydrogen) atoms. The highest BCUT2D eigenvalue weighted by Crippen LogP contribution is 2.22. The molecule has 0 fully saturated rings. The molecular formula is C12H13NO5S2. The largest absolute Gasteiger partial charge is 0.463 e. The Kier molecular flexibility index (Phi) is 4.26. The minimum Gasteiger partial charge on any atom is -0.463 e. The monoisotopic (exact) mass is 315 g/mol. The van der Waals surface area contributed by atoms with E-state index in [4.69, 9.17) is 4.42 Å². The van der Waals surface area contributed by atoms with Crippen molar-refractivity contribution in [2.45, 2.75) is 18.1 Å². The van der Waals surface area contributed by atoms with Crippen LogP contribution in [-0.2, 0) is 14.8 Å². The number of ether oxygens (including phenoxy) is 1. The van der Waals surface area contributed by atoms with Crippen LogP contribution in [0.25, 0.3) is 0 Å². The Balaban J connectivity index is 2.18. The molecule has 2 aromatic heterocycles. The quantitative estimate of drug-likeness (QED) is 0.855. The van der Waals surface area contributed by atoms with Gasteiger partial charge in [-0.05, 0) is 30.5 Å². The number of furan rings is 1. The summed E-state index contributed by atoms with van der Waals surface area (Å²) in [5, 5.41) is 1.55. The van der Waals surface area contributed by atoms with Gasteiger partial charge < -0.3 is 9.15 Å². The molecule has 0 bridgehead atoms. The van der Waals surface area contributed by atoms with Crippen LogP contribution in [0.1, 0.15) is 28.4 Å². The third-order valence-electron chi connectivity index (χ3n) is 2.53. The number of thiophene rings is 1. The van der Waals surface area contributed by atoms with Gasteiger partial charge in [-0.2, -0.15) is 0 Å². The molecule has 1 atom stereocenters. The lowest BCUT2D eigenvalue weighted by atomic mass is 10.3. The molecule has 0 radical (unpaired) electrons. The van der Waals surface area contributed by atoms with Crippen molar-refractivity contribution in [3.8, 4) is 0 Å². The molecule has 8 heteroatoms. The first-order valence-electron chi connectivity index (χ1n) is 5.68. The standard InChI is InChI=1S/C12H13NO5S2/c1-8(10-4-3-7-19-10)13-20(15,16)11-6-5-9(18-11)12(14)17-2/h3-8,13H,1-2H3/t8-/m0/s1. The molecule has 6 nitrogen and oxygen atoms in total. The fourth-order valence-corrected chi connectivity index (χ4v) is 3.53. The SMILES string of the molecule is COC(=O)c1ccc(S(=O)(=O)N[C@@H](C)c2cccs2)o1. The lowest BCUT2D eigenvalue weighted by Gasteiger charge is -2.10. The van der Waals surface area contributed by atoms with E-state index >= 15 is 0 Å². The number of carbonyl (C=O) groups is 1. The van der Waals surface area contributed by atoms with Gasteiger partial charge in [0.25, 0.3) is 10.0 Å². The Morgan fingerprint density at radius 3 is 2.75 bits per heavy atom. The van der Waals surface area contributed by atoms with E-state index in [1.165, 1.54) is 30.6 Å². The summed E-state index contributed by atoms with van der Waals surface area (Å²) in [5.41, 5.74) is 0. The van der Waals surface area contributed by atoms with Crippen LogP contribution in [0.3, 0.4) is 0 Å². The number of sulfonamides is 1. The highest BCUT2D eigenvalue weighted by atomic mass is 32.2. The maximum Gasteiger partial charge on any atom is 0.374 e. The Morgan fingerprint density at radius 2 is 2.15 bits per heavy atom. The van der Waals surface area contributed by atoms with Crippen molar-refractivity contribution >= 4 is 27.3 Å².